The summed E-state index contributed by atoms with van der Waals surface area (Å²) in [4.78, 5) is 13.0. The van der Waals surface area contributed by atoms with Crippen molar-refractivity contribution in [2.24, 2.45) is 5.92 Å². The molecule has 0 N–H and O–H groups in total. The summed E-state index contributed by atoms with van der Waals surface area (Å²) in [6, 6.07) is 0. The Morgan fingerprint density at radius 1 is 1.24 bits per heavy atom. The number of likely N-dealkylation sites (N-methyl/N-ethyl adjacent to an activating group) is 1. The van der Waals surface area contributed by atoms with E-state index in [0.717, 1.165) is 12.8 Å². The lowest BCUT2D eigenvalue weighted by Gasteiger charge is -2.42. The Balaban J connectivity index is 1.84. The highest BCUT2D eigenvalue weighted by Crippen LogP contribution is 2.42. The molecule has 1 unspecified atom stereocenters. The van der Waals surface area contributed by atoms with Crippen LogP contribution in [0.3, 0.4) is 0 Å². The molecule has 0 aliphatic carbocycles. The first-order valence-electron chi connectivity index (χ1n) is 8.78. The summed E-state index contributed by atoms with van der Waals surface area (Å²) in [5.41, 5.74) is -0.243. The van der Waals surface area contributed by atoms with Crippen molar-refractivity contribution in [1.29, 1.82) is 0 Å². The van der Waals surface area contributed by atoms with Crippen LogP contribution >= 0.6 is 0 Å². The van der Waals surface area contributed by atoms with Crippen LogP contribution in [0.1, 0.15) is 25.7 Å². The molecule has 2 fully saturated rings. The van der Waals surface area contributed by atoms with Crippen molar-refractivity contribution in [3.05, 3.63) is 0 Å². The fourth-order valence-corrected chi connectivity index (χ4v) is 4.69. The van der Waals surface area contributed by atoms with Gasteiger partial charge in [-0.2, -0.15) is 17.0 Å². The largest absolute Gasteiger partial charge is 0.375 e. The van der Waals surface area contributed by atoms with Crippen LogP contribution in [0, 0.1) is 5.92 Å². The van der Waals surface area contributed by atoms with Crippen LogP contribution in [-0.2, 0) is 24.5 Å². The molecule has 2 heterocycles. The lowest BCUT2D eigenvalue weighted by atomic mass is 9.78. The fourth-order valence-electron chi connectivity index (χ4n) is 3.59. The number of carbonyl (C=O) groups is 1. The molecule has 0 bridgehead atoms. The van der Waals surface area contributed by atoms with Crippen molar-refractivity contribution in [3.8, 4) is 0 Å². The standard InChI is InChI=1S/C16H31N3O5S/c1-17(2)15(20)13-23-11-5-14-6-12-24-16(14)7-9-19(10-8-16)25(21,22)18(3)4/h14H,5-13H2,1-4H3. The number of rotatable bonds is 7. The van der Waals surface area contributed by atoms with Gasteiger partial charge in [0.15, 0.2) is 0 Å². The Bertz CT molecular complexity index is 556. The summed E-state index contributed by atoms with van der Waals surface area (Å²) >= 11 is 0. The molecule has 2 aliphatic rings. The van der Waals surface area contributed by atoms with E-state index in [1.54, 1.807) is 28.2 Å². The van der Waals surface area contributed by atoms with Crippen molar-refractivity contribution in [2.45, 2.75) is 31.3 Å². The van der Waals surface area contributed by atoms with Crippen LogP contribution in [0.15, 0.2) is 0 Å². The molecule has 9 heteroatoms. The topological polar surface area (TPSA) is 79.4 Å². The quantitative estimate of drug-likeness (QED) is 0.591. The molecule has 2 rings (SSSR count). The average Bonchev–Trinajstić information content (AvgIpc) is 2.93. The number of hydrogen-bond acceptors (Lipinski definition) is 5. The van der Waals surface area contributed by atoms with Gasteiger partial charge in [0.25, 0.3) is 10.2 Å². The maximum absolute atomic E-state index is 12.3. The van der Waals surface area contributed by atoms with Gasteiger partial charge < -0.3 is 14.4 Å². The zero-order chi connectivity index (χ0) is 18.7. The zero-order valence-corrected chi connectivity index (χ0v) is 16.5. The summed E-state index contributed by atoms with van der Waals surface area (Å²) in [5, 5.41) is 0. The van der Waals surface area contributed by atoms with Crippen LogP contribution in [0.5, 0.6) is 0 Å². The zero-order valence-electron chi connectivity index (χ0n) is 15.7. The van der Waals surface area contributed by atoms with Crippen molar-refractivity contribution in [3.63, 3.8) is 0 Å². The highest BCUT2D eigenvalue weighted by atomic mass is 32.2. The first kappa shape index (κ1) is 20.6. The average molecular weight is 378 g/mol. The molecule has 0 aromatic heterocycles. The highest BCUT2D eigenvalue weighted by molar-refractivity contribution is 7.86. The lowest BCUT2D eigenvalue weighted by molar-refractivity contribution is -0.133. The molecule has 0 aromatic rings. The fraction of sp³-hybridized carbons (Fsp3) is 0.938. The van der Waals surface area contributed by atoms with Gasteiger partial charge in [-0.05, 0) is 31.6 Å². The van der Waals surface area contributed by atoms with E-state index < -0.39 is 10.2 Å². The molecule has 0 saturated carbocycles. The van der Waals surface area contributed by atoms with Crippen LogP contribution in [0.4, 0.5) is 0 Å². The normalized spacial score (nSPS) is 24.1. The Morgan fingerprint density at radius 3 is 2.44 bits per heavy atom. The van der Waals surface area contributed by atoms with Crippen molar-refractivity contribution >= 4 is 16.1 Å². The van der Waals surface area contributed by atoms with Gasteiger partial charge >= 0.3 is 0 Å². The summed E-state index contributed by atoms with van der Waals surface area (Å²) in [7, 11) is 3.17. The second kappa shape index (κ2) is 8.30. The van der Waals surface area contributed by atoms with Crippen LogP contribution in [0.2, 0.25) is 0 Å². The molecule has 0 aromatic carbocycles. The van der Waals surface area contributed by atoms with E-state index in [1.165, 1.54) is 13.5 Å². The van der Waals surface area contributed by atoms with Gasteiger partial charge in [-0.15, -0.1) is 0 Å². The third-order valence-electron chi connectivity index (χ3n) is 5.29. The highest BCUT2D eigenvalue weighted by Gasteiger charge is 2.47. The first-order valence-corrected chi connectivity index (χ1v) is 10.2. The van der Waals surface area contributed by atoms with Gasteiger partial charge in [0.2, 0.25) is 5.91 Å². The van der Waals surface area contributed by atoms with Gasteiger partial charge in [0.05, 0.1) is 5.60 Å². The molecule has 146 valence electrons. The van der Waals surface area contributed by atoms with Crippen molar-refractivity contribution in [2.75, 3.05) is 61.1 Å². The van der Waals surface area contributed by atoms with Crippen molar-refractivity contribution < 1.29 is 22.7 Å². The number of ether oxygens (including phenoxy) is 2. The third-order valence-corrected chi connectivity index (χ3v) is 7.23. The van der Waals surface area contributed by atoms with E-state index in [9.17, 15) is 13.2 Å². The summed E-state index contributed by atoms with van der Waals surface area (Å²) in [5.74, 6) is 0.311. The number of piperidine rings is 1. The molecule has 8 nitrogen and oxygen atoms in total. The molecule has 1 amide bonds. The van der Waals surface area contributed by atoms with E-state index in [-0.39, 0.29) is 18.1 Å². The van der Waals surface area contributed by atoms with E-state index in [2.05, 4.69) is 0 Å². The van der Waals surface area contributed by atoms with Gasteiger partial charge in [-0.3, -0.25) is 4.79 Å². The van der Waals surface area contributed by atoms with Crippen LogP contribution in [-0.4, -0.2) is 94.5 Å². The lowest BCUT2D eigenvalue weighted by Crippen LogP contribution is -2.51. The Labute approximate surface area is 151 Å². The Hall–Kier alpha value is -0.740. The summed E-state index contributed by atoms with van der Waals surface area (Å²) in [6.07, 6.45) is 3.22. The number of hydrogen-bond donors (Lipinski definition) is 0. The molecular weight excluding hydrogens is 346 g/mol. The smallest absolute Gasteiger partial charge is 0.281 e. The van der Waals surface area contributed by atoms with Crippen LogP contribution < -0.4 is 0 Å². The molecule has 2 aliphatic heterocycles. The minimum Gasteiger partial charge on any atom is -0.375 e. The van der Waals surface area contributed by atoms with E-state index in [1.807, 2.05) is 0 Å². The SMILES string of the molecule is CN(C)C(=O)COCCC1CCOC12CCN(S(=O)(=O)N(C)C)CC2. The van der Waals surface area contributed by atoms with E-state index >= 15 is 0 Å². The number of nitrogens with zero attached hydrogens (tertiary/aromatic N) is 3. The minimum absolute atomic E-state index is 0.0421. The second-order valence-electron chi connectivity index (χ2n) is 7.22. The molecule has 0 radical (unpaired) electrons. The monoisotopic (exact) mass is 377 g/mol. The second-order valence-corrected chi connectivity index (χ2v) is 9.36. The molecule has 2 saturated heterocycles. The number of amides is 1. The van der Waals surface area contributed by atoms with Gasteiger partial charge in [-0.25, -0.2) is 0 Å². The van der Waals surface area contributed by atoms with Gasteiger partial charge in [0.1, 0.15) is 6.61 Å². The molecular formula is C16H31N3O5S. The molecule has 1 spiro atoms. The van der Waals surface area contributed by atoms with Crippen molar-refractivity contribution in [1.82, 2.24) is 13.5 Å². The third kappa shape index (κ3) is 4.71. The number of carbonyl (C=O) groups excluding carboxylic acids is 1. The van der Waals surface area contributed by atoms with Gasteiger partial charge in [0, 0.05) is 54.5 Å². The van der Waals surface area contributed by atoms with Crippen LogP contribution in [0.25, 0.3) is 0 Å². The molecule has 25 heavy (non-hydrogen) atoms. The maximum Gasteiger partial charge on any atom is 0.281 e. The maximum atomic E-state index is 12.3. The predicted octanol–water partition coefficient (Wildman–Crippen LogP) is 0.159. The van der Waals surface area contributed by atoms with Gasteiger partial charge in [-0.1, -0.05) is 0 Å². The Kier molecular flexibility index (Phi) is 6.83. The summed E-state index contributed by atoms with van der Waals surface area (Å²) in [6.45, 7) is 2.30. The summed E-state index contributed by atoms with van der Waals surface area (Å²) < 4.78 is 38.9. The predicted molar refractivity (Wildman–Crippen MR) is 94.3 cm³/mol. The minimum atomic E-state index is -3.36. The Morgan fingerprint density at radius 2 is 1.88 bits per heavy atom. The first-order chi connectivity index (χ1) is 11.7. The van der Waals surface area contributed by atoms with E-state index in [0.29, 0.717) is 45.1 Å². The van der Waals surface area contributed by atoms with E-state index in [4.69, 9.17) is 9.47 Å². The molecule has 1 atom stereocenters.